The normalized spacial score (nSPS) is 13.0. The number of carbonyl (C=O) groups excluding carboxylic acids is 1. The summed E-state index contributed by atoms with van der Waals surface area (Å²) >= 11 is 5.88. The summed E-state index contributed by atoms with van der Waals surface area (Å²) in [5.41, 5.74) is 0.781. The lowest BCUT2D eigenvalue weighted by Crippen LogP contribution is -2.40. The number of rotatable bonds is 7. The van der Waals surface area contributed by atoms with Gasteiger partial charge in [0.1, 0.15) is 11.1 Å². The van der Waals surface area contributed by atoms with Gasteiger partial charge in [-0.05, 0) is 45.4 Å². The highest BCUT2D eigenvalue weighted by molar-refractivity contribution is 7.87. The van der Waals surface area contributed by atoms with E-state index in [9.17, 15) is 13.2 Å². The van der Waals surface area contributed by atoms with Crippen LogP contribution >= 0.6 is 11.6 Å². The lowest BCUT2D eigenvalue weighted by atomic mass is 10.1. The number of hydrogen-bond acceptors (Lipinski definition) is 4. The van der Waals surface area contributed by atoms with Gasteiger partial charge in [-0.1, -0.05) is 12.1 Å². The van der Waals surface area contributed by atoms with Gasteiger partial charge >= 0.3 is 10.1 Å². The van der Waals surface area contributed by atoms with Crippen molar-refractivity contribution >= 4 is 27.6 Å². The topological polar surface area (TPSA) is 63.7 Å². The molecule has 0 aromatic heterocycles. The van der Waals surface area contributed by atoms with Gasteiger partial charge in [-0.15, -0.1) is 11.6 Å². The first kappa shape index (κ1) is 18.8. The van der Waals surface area contributed by atoms with E-state index < -0.39 is 15.5 Å². The Balaban J connectivity index is 2.95. The van der Waals surface area contributed by atoms with Crippen molar-refractivity contribution in [3.8, 4) is 5.75 Å². The molecule has 1 aromatic rings. The molecular weight excluding hydrogens is 326 g/mol. The molecule has 1 aromatic carbocycles. The molecule has 0 aliphatic heterocycles. The average Bonchev–Trinajstić information content (AvgIpc) is 2.43. The van der Waals surface area contributed by atoms with E-state index in [0.717, 1.165) is 5.56 Å². The molecule has 0 bridgehead atoms. The SMILES string of the molecule is CCS(=O)(=O)Oc1cccc(CN(C(=O)[C@H](C)Cl)C(C)C)c1. The van der Waals surface area contributed by atoms with Crippen molar-refractivity contribution in [2.75, 3.05) is 5.75 Å². The molecule has 1 rings (SSSR count). The van der Waals surface area contributed by atoms with Crippen molar-refractivity contribution in [3.63, 3.8) is 0 Å². The van der Waals surface area contributed by atoms with Crippen LogP contribution in [0, 0.1) is 0 Å². The molecule has 0 fully saturated rings. The van der Waals surface area contributed by atoms with Crippen molar-refractivity contribution in [1.29, 1.82) is 0 Å². The van der Waals surface area contributed by atoms with Gasteiger partial charge < -0.3 is 9.08 Å². The molecule has 0 aliphatic carbocycles. The Kier molecular flexibility index (Phi) is 6.68. The number of nitrogens with zero attached hydrogens (tertiary/aromatic N) is 1. The summed E-state index contributed by atoms with van der Waals surface area (Å²) in [5, 5.41) is -0.609. The maximum atomic E-state index is 12.1. The summed E-state index contributed by atoms with van der Waals surface area (Å²) in [6, 6.07) is 6.69. The summed E-state index contributed by atoms with van der Waals surface area (Å²) in [6.07, 6.45) is 0. The molecule has 0 N–H and O–H groups in total. The maximum Gasteiger partial charge on any atom is 0.308 e. The molecule has 124 valence electrons. The highest BCUT2D eigenvalue weighted by Gasteiger charge is 2.21. The number of amides is 1. The average molecular weight is 348 g/mol. The van der Waals surface area contributed by atoms with Crippen LogP contribution in [0.3, 0.4) is 0 Å². The number of benzene rings is 1. The molecule has 22 heavy (non-hydrogen) atoms. The Morgan fingerprint density at radius 3 is 2.45 bits per heavy atom. The Labute approximate surface area is 137 Å². The monoisotopic (exact) mass is 347 g/mol. The minimum absolute atomic E-state index is 0.0161. The van der Waals surface area contributed by atoms with Crippen LogP contribution in [0.4, 0.5) is 0 Å². The van der Waals surface area contributed by atoms with Crippen molar-refractivity contribution in [3.05, 3.63) is 29.8 Å². The molecule has 0 saturated heterocycles. The first-order valence-electron chi connectivity index (χ1n) is 7.12. The minimum Gasteiger partial charge on any atom is -0.382 e. The number of halogens is 1. The van der Waals surface area contributed by atoms with E-state index in [4.69, 9.17) is 15.8 Å². The van der Waals surface area contributed by atoms with Gasteiger partial charge in [0.25, 0.3) is 0 Å². The minimum atomic E-state index is -3.57. The van der Waals surface area contributed by atoms with Crippen molar-refractivity contribution < 1.29 is 17.4 Å². The summed E-state index contributed by atoms with van der Waals surface area (Å²) in [5.74, 6) is -0.0176. The molecule has 0 radical (unpaired) electrons. The van der Waals surface area contributed by atoms with Gasteiger partial charge in [-0.25, -0.2) is 0 Å². The summed E-state index contributed by atoms with van der Waals surface area (Å²) in [4.78, 5) is 13.8. The van der Waals surface area contributed by atoms with E-state index in [1.807, 2.05) is 19.9 Å². The molecular formula is C15H22ClNO4S. The van der Waals surface area contributed by atoms with E-state index >= 15 is 0 Å². The van der Waals surface area contributed by atoms with Gasteiger partial charge in [0.15, 0.2) is 0 Å². The standard InChI is InChI=1S/C15H22ClNO4S/c1-5-22(19,20)21-14-8-6-7-13(9-14)10-17(11(2)3)15(18)12(4)16/h6-9,11-12H,5,10H2,1-4H3/t12-/m0/s1. The molecule has 0 saturated carbocycles. The Morgan fingerprint density at radius 2 is 1.95 bits per heavy atom. The number of alkyl halides is 1. The van der Waals surface area contributed by atoms with Crippen LogP contribution in [-0.4, -0.2) is 36.4 Å². The van der Waals surface area contributed by atoms with Gasteiger partial charge in [-0.3, -0.25) is 4.79 Å². The maximum absolute atomic E-state index is 12.1. The van der Waals surface area contributed by atoms with Crippen LogP contribution < -0.4 is 4.18 Å². The molecule has 1 amide bonds. The van der Waals surface area contributed by atoms with Gasteiger partial charge in [0.2, 0.25) is 5.91 Å². The zero-order chi connectivity index (χ0) is 16.9. The van der Waals surface area contributed by atoms with Crippen molar-refractivity contribution in [2.24, 2.45) is 0 Å². The molecule has 1 atom stereocenters. The molecule has 0 heterocycles. The quantitative estimate of drug-likeness (QED) is 0.562. The van der Waals surface area contributed by atoms with Gasteiger partial charge in [-0.2, -0.15) is 8.42 Å². The Bertz CT molecular complexity index is 614. The predicted molar refractivity (Wildman–Crippen MR) is 87.5 cm³/mol. The molecule has 5 nitrogen and oxygen atoms in total. The van der Waals surface area contributed by atoms with Crippen molar-refractivity contribution in [2.45, 2.75) is 45.7 Å². The third-order valence-corrected chi connectivity index (χ3v) is 4.41. The van der Waals surface area contributed by atoms with E-state index in [1.165, 1.54) is 6.92 Å². The van der Waals surface area contributed by atoms with Crippen LogP contribution in [0.2, 0.25) is 0 Å². The second-order valence-corrected chi connectivity index (χ2v) is 7.77. The molecule has 0 unspecified atom stereocenters. The fraction of sp³-hybridized carbons (Fsp3) is 0.533. The fourth-order valence-corrected chi connectivity index (χ4v) is 2.48. The summed E-state index contributed by atoms with van der Waals surface area (Å²) in [6.45, 7) is 7.29. The lowest BCUT2D eigenvalue weighted by molar-refractivity contribution is -0.132. The van der Waals surface area contributed by atoms with Crippen LogP contribution in [0.1, 0.15) is 33.3 Å². The molecule has 0 aliphatic rings. The van der Waals surface area contributed by atoms with Crippen molar-refractivity contribution in [1.82, 2.24) is 4.90 Å². The lowest BCUT2D eigenvalue weighted by Gasteiger charge is -2.28. The van der Waals surface area contributed by atoms with E-state index in [-0.39, 0.29) is 23.5 Å². The number of hydrogen-bond donors (Lipinski definition) is 0. The van der Waals surface area contributed by atoms with Crippen LogP contribution in [0.25, 0.3) is 0 Å². The van der Waals surface area contributed by atoms with Crippen LogP contribution in [0.15, 0.2) is 24.3 Å². The number of carbonyl (C=O) groups is 1. The zero-order valence-corrected chi connectivity index (χ0v) is 14.8. The Hall–Kier alpha value is -1.27. The first-order chi connectivity index (χ1) is 10.2. The molecule has 7 heteroatoms. The second-order valence-electron chi connectivity index (χ2n) is 5.25. The summed E-state index contributed by atoms with van der Waals surface area (Å²) < 4.78 is 28.0. The van der Waals surface area contributed by atoms with E-state index in [2.05, 4.69) is 0 Å². The highest BCUT2D eigenvalue weighted by Crippen LogP contribution is 2.19. The zero-order valence-electron chi connectivity index (χ0n) is 13.2. The second kappa shape index (κ2) is 7.83. The van der Waals surface area contributed by atoms with E-state index in [0.29, 0.717) is 6.54 Å². The summed E-state index contributed by atoms with van der Waals surface area (Å²) in [7, 11) is -3.57. The molecule has 0 spiro atoms. The predicted octanol–water partition coefficient (Wildman–Crippen LogP) is 2.78. The van der Waals surface area contributed by atoms with Crippen LogP contribution in [-0.2, 0) is 21.5 Å². The third-order valence-electron chi connectivity index (χ3n) is 3.07. The smallest absolute Gasteiger partial charge is 0.308 e. The van der Waals surface area contributed by atoms with E-state index in [1.54, 1.807) is 30.0 Å². The first-order valence-corrected chi connectivity index (χ1v) is 9.13. The highest BCUT2D eigenvalue weighted by atomic mass is 35.5. The largest absolute Gasteiger partial charge is 0.382 e. The third kappa shape index (κ3) is 5.50. The Morgan fingerprint density at radius 1 is 1.32 bits per heavy atom. The van der Waals surface area contributed by atoms with Crippen LogP contribution in [0.5, 0.6) is 5.75 Å². The van der Waals surface area contributed by atoms with Gasteiger partial charge in [0.05, 0.1) is 5.75 Å². The van der Waals surface area contributed by atoms with Gasteiger partial charge in [0, 0.05) is 12.6 Å². The fourth-order valence-electron chi connectivity index (χ4n) is 1.84.